The summed E-state index contributed by atoms with van der Waals surface area (Å²) in [5.41, 5.74) is 2.05. The van der Waals surface area contributed by atoms with Crippen LogP contribution in [0.25, 0.3) is 0 Å². The molecule has 0 saturated heterocycles. The van der Waals surface area contributed by atoms with Crippen molar-refractivity contribution in [2.24, 2.45) is 0 Å². The Morgan fingerprint density at radius 3 is 2.92 bits per heavy atom. The molecule has 1 aromatic rings. The lowest BCUT2D eigenvalue weighted by Gasteiger charge is -2.23. The molecule has 0 aliphatic carbocycles. The van der Waals surface area contributed by atoms with Crippen molar-refractivity contribution in [1.82, 2.24) is 5.32 Å². The van der Waals surface area contributed by atoms with Crippen molar-refractivity contribution in [2.45, 2.75) is 13.0 Å². The number of carbonyl (C=O) groups excluding carboxylic acids is 1. The summed E-state index contributed by atoms with van der Waals surface area (Å²) < 4.78 is 0. The fourth-order valence-corrected chi connectivity index (χ4v) is 1.42. The van der Waals surface area contributed by atoms with E-state index in [1.807, 2.05) is 31.2 Å². The summed E-state index contributed by atoms with van der Waals surface area (Å²) in [4.78, 5) is 11.0. The van der Waals surface area contributed by atoms with Gasteiger partial charge >= 0.3 is 6.03 Å². The number of amides is 2. The van der Waals surface area contributed by atoms with Crippen LogP contribution in [0.2, 0.25) is 0 Å². The first kappa shape index (κ1) is 7.16. The molecule has 62 valence electrons. The number of rotatable bonds is 0. The van der Waals surface area contributed by atoms with Crippen LogP contribution in [0.3, 0.4) is 0 Å². The molecule has 0 unspecified atom stereocenters. The van der Waals surface area contributed by atoms with E-state index >= 15 is 0 Å². The zero-order chi connectivity index (χ0) is 8.55. The second-order valence-electron chi connectivity index (χ2n) is 2.91. The first-order valence-corrected chi connectivity index (χ1v) is 3.94. The predicted octanol–water partition coefficient (Wildman–Crippen LogP) is 1.88. The van der Waals surface area contributed by atoms with Crippen LogP contribution in [0.4, 0.5) is 10.5 Å². The third kappa shape index (κ3) is 1.03. The van der Waals surface area contributed by atoms with Gasteiger partial charge in [0.15, 0.2) is 0 Å². The molecule has 3 heteroatoms. The lowest BCUT2D eigenvalue weighted by Crippen LogP contribution is -2.36. The number of hydrogen-bond acceptors (Lipinski definition) is 1. The maximum atomic E-state index is 11.0. The van der Waals surface area contributed by atoms with E-state index in [9.17, 15) is 4.79 Å². The number of carbonyl (C=O) groups is 1. The SMILES string of the molecule is C[C@H]1NC(=O)Nc2ccccc21. The minimum atomic E-state index is -0.124. The Hall–Kier alpha value is -1.51. The van der Waals surface area contributed by atoms with Gasteiger partial charge in [0.2, 0.25) is 0 Å². The third-order valence-electron chi connectivity index (χ3n) is 2.02. The fourth-order valence-electron chi connectivity index (χ4n) is 1.42. The van der Waals surface area contributed by atoms with Crippen molar-refractivity contribution in [3.63, 3.8) is 0 Å². The van der Waals surface area contributed by atoms with Gasteiger partial charge in [-0.15, -0.1) is 0 Å². The van der Waals surface area contributed by atoms with Gasteiger partial charge in [-0.2, -0.15) is 0 Å². The number of nitrogens with one attached hydrogen (secondary N) is 2. The van der Waals surface area contributed by atoms with E-state index in [-0.39, 0.29) is 12.1 Å². The highest BCUT2D eigenvalue weighted by atomic mass is 16.2. The number of hydrogen-bond donors (Lipinski definition) is 2. The maximum Gasteiger partial charge on any atom is 0.319 e. The van der Waals surface area contributed by atoms with Gasteiger partial charge in [0.05, 0.1) is 6.04 Å². The number of para-hydroxylation sites is 1. The Labute approximate surface area is 70.8 Å². The first-order valence-electron chi connectivity index (χ1n) is 3.94. The summed E-state index contributed by atoms with van der Waals surface area (Å²) in [5, 5.41) is 5.53. The Balaban J connectivity index is 2.47. The molecule has 1 heterocycles. The molecule has 1 aromatic carbocycles. The fraction of sp³-hybridized carbons (Fsp3) is 0.222. The molecule has 1 aliphatic heterocycles. The summed E-state index contributed by atoms with van der Waals surface area (Å²) >= 11 is 0. The van der Waals surface area contributed by atoms with E-state index < -0.39 is 0 Å². The molecule has 0 saturated carbocycles. The van der Waals surface area contributed by atoms with Crippen LogP contribution < -0.4 is 10.6 Å². The van der Waals surface area contributed by atoms with E-state index in [0.717, 1.165) is 11.3 Å². The van der Waals surface area contributed by atoms with Gasteiger partial charge in [-0.25, -0.2) is 4.79 Å². The minimum Gasteiger partial charge on any atom is -0.331 e. The zero-order valence-electron chi connectivity index (χ0n) is 6.79. The minimum absolute atomic E-state index is 0.106. The smallest absolute Gasteiger partial charge is 0.319 e. The van der Waals surface area contributed by atoms with Crippen LogP contribution in [0.1, 0.15) is 18.5 Å². The molecule has 3 nitrogen and oxygen atoms in total. The highest BCUT2D eigenvalue weighted by Gasteiger charge is 2.18. The molecule has 12 heavy (non-hydrogen) atoms. The molecule has 0 radical (unpaired) electrons. The quantitative estimate of drug-likeness (QED) is 0.600. The Kier molecular flexibility index (Phi) is 1.50. The van der Waals surface area contributed by atoms with E-state index in [4.69, 9.17) is 0 Å². The molecule has 0 spiro atoms. The second-order valence-corrected chi connectivity index (χ2v) is 2.91. The lowest BCUT2D eigenvalue weighted by atomic mass is 10.0. The topological polar surface area (TPSA) is 41.1 Å². The molecule has 2 amide bonds. The number of urea groups is 1. The predicted molar refractivity (Wildman–Crippen MR) is 47.0 cm³/mol. The molecular formula is C9H10N2O. The van der Waals surface area contributed by atoms with E-state index in [1.165, 1.54) is 0 Å². The molecular weight excluding hydrogens is 152 g/mol. The normalized spacial score (nSPS) is 20.8. The van der Waals surface area contributed by atoms with Crippen molar-refractivity contribution in [3.05, 3.63) is 29.8 Å². The highest BCUT2D eigenvalue weighted by molar-refractivity contribution is 5.92. The number of anilines is 1. The summed E-state index contributed by atoms with van der Waals surface area (Å²) in [6, 6.07) is 7.78. The molecule has 2 rings (SSSR count). The van der Waals surface area contributed by atoms with Crippen LogP contribution in [0.5, 0.6) is 0 Å². The molecule has 0 aromatic heterocycles. The number of benzene rings is 1. The van der Waals surface area contributed by atoms with Gasteiger partial charge in [0.1, 0.15) is 0 Å². The van der Waals surface area contributed by atoms with Gasteiger partial charge in [-0.3, -0.25) is 0 Å². The van der Waals surface area contributed by atoms with Crippen molar-refractivity contribution >= 4 is 11.7 Å². The highest BCUT2D eigenvalue weighted by Crippen LogP contribution is 2.25. The number of fused-ring (bicyclic) bond motifs is 1. The molecule has 0 fully saturated rings. The van der Waals surface area contributed by atoms with Gasteiger partial charge in [0, 0.05) is 5.69 Å². The van der Waals surface area contributed by atoms with Crippen molar-refractivity contribution in [1.29, 1.82) is 0 Å². The third-order valence-corrected chi connectivity index (χ3v) is 2.02. The van der Waals surface area contributed by atoms with E-state index in [1.54, 1.807) is 0 Å². The van der Waals surface area contributed by atoms with Crippen LogP contribution in [0.15, 0.2) is 24.3 Å². The Morgan fingerprint density at radius 2 is 2.08 bits per heavy atom. The van der Waals surface area contributed by atoms with Crippen molar-refractivity contribution in [3.8, 4) is 0 Å². The van der Waals surface area contributed by atoms with Gasteiger partial charge in [-0.1, -0.05) is 18.2 Å². The summed E-state index contributed by atoms with van der Waals surface area (Å²) in [7, 11) is 0. The average Bonchev–Trinajstić information content (AvgIpc) is 2.04. The van der Waals surface area contributed by atoms with Crippen LogP contribution in [-0.2, 0) is 0 Å². The monoisotopic (exact) mass is 162 g/mol. The van der Waals surface area contributed by atoms with Gasteiger partial charge in [0.25, 0.3) is 0 Å². The Morgan fingerprint density at radius 1 is 1.33 bits per heavy atom. The molecule has 0 bridgehead atoms. The second kappa shape index (κ2) is 2.52. The van der Waals surface area contributed by atoms with Crippen LogP contribution >= 0.6 is 0 Å². The van der Waals surface area contributed by atoms with Crippen LogP contribution in [0, 0.1) is 0 Å². The van der Waals surface area contributed by atoms with E-state index in [0.29, 0.717) is 0 Å². The van der Waals surface area contributed by atoms with Gasteiger partial charge < -0.3 is 10.6 Å². The summed E-state index contributed by atoms with van der Waals surface area (Å²) in [6.45, 7) is 1.97. The lowest BCUT2D eigenvalue weighted by molar-refractivity contribution is 0.248. The molecule has 2 N–H and O–H groups in total. The zero-order valence-corrected chi connectivity index (χ0v) is 6.79. The first-order chi connectivity index (χ1) is 5.77. The molecule has 1 atom stereocenters. The van der Waals surface area contributed by atoms with Gasteiger partial charge in [-0.05, 0) is 18.6 Å². The van der Waals surface area contributed by atoms with E-state index in [2.05, 4.69) is 10.6 Å². The Bertz CT molecular complexity index is 322. The summed E-state index contributed by atoms with van der Waals surface area (Å²) in [5.74, 6) is 0. The van der Waals surface area contributed by atoms with Crippen molar-refractivity contribution < 1.29 is 4.79 Å². The maximum absolute atomic E-state index is 11.0. The van der Waals surface area contributed by atoms with Crippen LogP contribution in [-0.4, -0.2) is 6.03 Å². The standard InChI is InChI=1S/C9H10N2O/c1-6-7-4-2-3-5-8(7)11-9(12)10-6/h2-6H,1H3,(H2,10,11,12)/t6-/m1/s1. The largest absolute Gasteiger partial charge is 0.331 e. The summed E-state index contributed by atoms with van der Waals surface area (Å²) in [6.07, 6.45) is 0. The van der Waals surface area contributed by atoms with Crippen molar-refractivity contribution in [2.75, 3.05) is 5.32 Å². The molecule has 1 aliphatic rings. The average molecular weight is 162 g/mol.